The van der Waals surface area contributed by atoms with E-state index in [0.29, 0.717) is 0 Å². The number of aliphatic imine (C=N–C) groups is 1. The van der Waals surface area contributed by atoms with Gasteiger partial charge in [0.05, 0.1) is 0 Å². The van der Waals surface area contributed by atoms with Crippen LogP contribution in [0.15, 0.2) is 4.99 Å². The fraction of sp³-hybridized carbons (Fsp3) is 0.250. The fourth-order valence-electron chi connectivity index (χ4n) is 0.558. The van der Waals surface area contributed by atoms with E-state index >= 15 is 0 Å². The van der Waals surface area contributed by atoms with Crippen LogP contribution in [0.3, 0.4) is 0 Å². The third kappa shape index (κ3) is 3.14. The van der Waals surface area contributed by atoms with E-state index in [1.807, 2.05) is 0 Å². The molecule has 0 aliphatic heterocycles. The van der Waals surface area contributed by atoms with Gasteiger partial charge >= 0.3 is 11.9 Å². The topological polar surface area (TPSA) is 174 Å². The van der Waals surface area contributed by atoms with Crippen LogP contribution in [0.25, 0.3) is 0 Å². The number of carbonyl (C=O) groups is 1. The Hall–Kier alpha value is -2.19. The van der Waals surface area contributed by atoms with E-state index in [4.69, 9.17) is 16.9 Å². The number of nitrogens with two attached hydrogens (primary N) is 3. The molecule has 72 valence electrons. The van der Waals surface area contributed by atoms with Crippen LogP contribution in [-0.4, -0.2) is 28.7 Å². The minimum absolute atomic E-state index is 0.704. The van der Waals surface area contributed by atoms with E-state index in [9.17, 15) is 14.9 Å². The van der Waals surface area contributed by atoms with Crippen LogP contribution in [0.4, 0.5) is 0 Å². The zero-order valence-electron chi connectivity index (χ0n) is 6.43. The standard InChI is InChI=1S/C4H8N6O3/c5-2(9-4(7)8)1(3(6)11)10(12)13/h1H,(H2,6,11)(H5,5,7,8,9). The summed E-state index contributed by atoms with van der Waals surface area (Å²) in [7, 11) is 0. The highest BCUT2D eigenvalue weighted by molar-refractivity contribution is 6.07. The molecule has 1 atom stereocenters. The molecule has 0 bridgehead atoms. The molecule has 7 N–H and O–H groups in total. The third-order valence-electron chi connectivity index (χ3n) is 1.01. The van der Waals surface area contributed by atoms with Gasteiger partial charge in [0.25, 0.3) is 0 Å². The van der Waals surface area contributed by atoms with Gasteiger partial charge in [0.2, 0.25) is 5.96 Å². The van der Waals surface area contributed by atoms with Crippen molar-refractivity contribution in [3.8, 4) is 0 Å². The summed E-state index contributed by atoms with van der Waals surface area (Å²) in [6.45, 7) is 0. The van der Waals surface area contributed by atoms with Gasteiger partial charge in [-0.25, -0.2) is 0 Å². The molecule has 13 heavy (non-hydrogen) atoms. The minimum atomic E-state index is -1.94. The average molecular weight is 188 g/mol. The maximum Gasteiger partial charge on any atom is 0.345 e. The number of amidine groups is 1. The fourth-order valence-corrected chi connectivity index (χ4v) is 0.558. The van der Waals surface area contributed by atoms with E-state index in [0.717, 1.165) is 0 Å². The molecule has 0 aromatic heterocycles. The molecule has 9 nitrogen and oxygen atoms in total. The second-order valence-corrected chi connectivity index (χ2v) is 2.01. The van der Waals surface area contributed by atoms with Crippen molar-refractivity contribution in [3.63, 3.8) is 0 Å². The van der Waals surface area contributed by atoms with Gasteiger partial charge in [0, 0.05) is 4.92 Å². The molecule has 0 saturated heterocycles. The van der Waals surface area contributed by atoms with Gasteiger partial charge in [-0.3, -0.25) is 20.3 Å². The van der Waals surface area contributed by atoms with Crippen LogP contribution in [0, 0.1) is 15.5 Å². The molecule has 0 radical (unpaired) electrons. The second-order valence-electron chi connectivity index (χ2n) is 2.01. The van der Waals surface area contributed by atoms with Gasteiger partial charge in [-0.15, -0.1) is 0 Å². The van der Waals surface area contributed by atoms with E-state index in [1.54, 1.807) is 0 Å². The quantitative estimate of drug-likeness (QED) is 0.163. The van der Waals surface area contributed by atoms with Crippen LogP contribution in [0.1, 0.15) is 0 Å². The van der Waals surface area contributed by atoms with Gasteiger partial charge in [-0.05, 0) is 0 Å². The van der Waals surface area contributed by atoms with Crippen LogP contribution >= 0.6 is 0 Å². The first-order valence-corrected chi connectivity index (χ1v) is 2.97. The predicted octanol–water partition coefficient (Wildman–Crippen LogP) is -2.63. The van der Waals surface area contributed by atoms with Crippen molar-refractivity contribution in [2.45, 2.75) is 6.04 Å². The number of carbonyl (C=O) groups excluding carboxylic acids is 1. The monoisotopic (exact) mass is 188 g/mol. The molecule has 0 aliphatic rings. The molecular weight excluding hydrogens is 180 g/mol. The Morgan fingerprint density at radius 1 is 1.46 bits per heavy atom. The smallest absolute Gasteiger partial charge is 0.345 e. The Labute approximate surface area is 72.2 Å². The number of hydrogen-bond acceptors (Lipinski definition) is 4. The van der Waals surface area contributed by atoms with Crippen LogP contribution < -0.4 is 17.2 Å². The number of nitrogens with zero attached hydrogens (tertiary/aromatic N) is 2. The van der Waals surface area contributed by atoms with Crippen molar-refractivity contribution in [2.24, 2.45) is 22.2 Å². The molecule has 0 aliphatic carbocycles. The minimum Gasteiger partial charge on any atom is -0.381 e. The summed E-state index contributed by atoms with van der Waals surface area (Å²) < 4.78 is 0. The maximum atomic E-state index is 10.5. The maximum absolute atomic E-state index is 10.5. The SMILES string of the molecule is N=C(N)/N=C(\N)C(C(N)=O)[N+](=O)[O-]. The number of rotatable bonds is 3. The molecule has 0 aromatic carbocycles. The molecule has 1 unspecified atom stereocenters. The summed E-state index contributed by atoms with van der Waals surface area (Å²) in [6.07, 6.45) is 0. The molecule has 0 rings (SSSR count). The van der Waals surface area contributed by atoms with Crippen molar-refractivity contribution >= 4 is 17.7 Å². The zero-order valence-corrected chi connectivity index (χ0v) is 6.43. The van der Waals surface area contributed by atoms with Crippen molar-refractivity contribution in [2.75, 3.05) is 0 Å². The number of guanidine groups is 1. The summed E-state index contributed by atoms with van der Waals surface area (Å²) in [5, 5.41) is 16.8. The average Bonchev–Trinajstić information content (AvgIpc) is 1.81. The Morgan fingerprint density at radius 3 is 2.15 bits per heavy atom. The Kier molecular flexibility index (Phi) is 3.32. The van der Waals surface area contributed by atoms with Gasteiger partial charge in [-0.2, -0.15) is 4.99 Å². The van der Waals surface area contributed by atoms with Crippen molar-refractivity contribution < 1.29 is 9.72 Å². The van der Waals surface area contributed by atoms with Crippen molar-refractivity contribution in [3.05, 3.63) is 10.1 Å². The molecule has 0 saturated carbocycles. The number of primary amides is 1. The predicted molar refractivity (Wildman–Crippen MR) is 43.5 cm³/mol. The van der Waals surface area contributed by atoms with Gasteiger partial charge in [-0.1, -0.05) is 0 Å². The van der Waals surface area contributed by atoms with E-state index < -0.39 is 28.7 Å². The first-order valence-electron chi connectivity index (χ1n) is 2.97. The Bertz CT molecular complexity index is 270. The molecule has 9 heteroatoms. The van der Waals surface area contributed by atoms with E-state index in [2.05, 4.69) is 10.7 Å². The summed E-state index contributed by atoms with van der Waals surface area (Å²) in [6, 6.07) is -1.94. The van der Waals surface area contributed by atoms with E-state index in [-0.39, 0.29) is 0 Å². The second kappa shape index (κ2) is 3.99. The Balaban J connectivity index is 4.86. The number of hydrogen-bond donors (Lipinski definition) is 4. The lowest BCUT2D eigenvalue weighted by molar-refractivity contribution is -0.489. The lowest BCUT2D eigenvalue weighted by Gasteiger charge is -2.03. The number of amides is 1. The highest BCUT2D eigenvalue weighted by atomic mass is 16.6. The normalized spacial score (nSPS) is 13.4. The number of nitro groups is 1. The summed E-state index contributed by atoms with van der Waals surface area (Å²) >= 11 is 0. The van der Waals surface area contributed by atoms with Gasteiger partial charge in [0.15, 0.2) is 5.84 Å². The molecular formula is C4H8N6O3. The lowest BCUT2D eigenvalue weighted by Crippen LogP contribution is -2.46. The first kappa shape index (κ1) is 10.8. The molecule has 0 fully saturated rings. The van der Waals surface area contributed by atoms with Crippen LogP contribution in [0.2, 0.25) is 0 Å². The van der Waals surface area contributed by atoms with Gasteiger partial charge in [0.1, 0.15) is 0 Å². The molecule has 0 aromatic rings. The Morgan fingerprint density at radius 2 is 1.92 bits per heavy atom. The largest absolute Gasteiger partial charge is 0.381 e. The lowest BCUT2D eigenvalue weighted by atomic mass is 10.3. The van der Waals surface area contributed by atoms with Crippen LogP contribution in [-0.2, 0) is 4.79 Å². The molecule has 0 heterocycles. The number of nitrogens with one attached hydrogen (secondary N) is 1. The van der Waals surface area contributed by atoms with Gasteiger partial charge < -0.3 is 17.2 Å². The summed E-state index contributed by atoms with van der Waals surface area (Å²) in [5.74, 6) is -2.69. The molecule has 1 amide bonds. The summed E-state index contributed by atoms with van der Waals surface area (Å²) in [5.41, 5.74) is 14.4. The van der Waals surface area contributed by atoms with Crippen molar-refractivity contribution in [1.29, 1.82) is 5.41 Å². The van der Waals surface area contributed by atoms with Crippen LogP contribution in [0.5, 0.6) is 0 Å². The van der Waals surface area contributed by atoms with Crippen molar-refractivity contribution in [1.82, 2.24) is 0 Å². The van der Waals surface area contributed by atoms with E-state index in [1.165, 1.54) is 0 Å². The zero-order chi connectivity index (χ0) is 10.6. The third-order valence-corrected chi connectivity index (χ3v) is 1.01. The molecule has 0 spiro atoms. The first-order chi connectivity index (χ1) is 5.86. The highest BCUT2D eigenvalue weighted by Crippen LogP contribution is 1.89. The highest BCUT2D eigenvalue weighted by Gasteiger charge is 2.31. The summed E-state index contributed by atoms with van der Waals surface area (Å²) in [4.78, 5) is 22.7.